The van der Waals surface area contributed by atoms with Crippen molar-refractivity contribution in [2.45, 2.75) is 13.0 Å². The Bertz CT molecular complexity index is 625. The minimum Gasteiger partial charge on any atom is -0.497 e. The molecule has 1 amide bonds. The predicted molar refractivity (Wildman–Crippen MR) is 81.9 cm³/mol. The third-order valence-electron chi connectivity index (χ3n) is 3.28. The topological polar surface area (TPSA) is 47.6 Å². The van der Waals surface area contributed by atoms with Crippen LogP contribution in [0.4, 0.5) is 0 Å². The Morgan fingerprint density at radius 1 is 1.05 bits per heavy atom. The summed E-state index contributed by atoms with van der Waals surface area (Å²) in [4.78, 5) is 12.3. The van der Waals surface area contributed by atoms with Crippen LogP contribution in [0.15, 0.2) is 48.5 Å². The fourth-order valence-corrected chi connectivity index (χ4v) is 2.15. The van der Waals surface area contributed by atoms with Gasteiger partial charge in [-0.05, 0) is 31.2 Å². The zero-order chi connectivity index (χ0) is 15.2. The number of nitrogens with one attached hydrogen (secondary N) is 1. The van der Waals surface area contributed by atoms with Crippen LogP contribution in [0.1, 0.15) is 28.9 Å². The van der Waals surface area contributed by atoms with E-state index in [1.165, 1.54) is 0 Å². The van der Waals surface area contributed by atoms with E-state index < -0.39 is 0 Å². The number of rotatable bonds is 5. The van der Waals surface area contributed by atoms with Gasteiger partial charge in [0, 0.05) is 11.1 Å². The second-order valence-electron chi connectivity index (χ2n) is 4.67. The summed E-state index contributed by atoms with van der Waals surface area (Å²) >= 11 is 0. The molecule has 0 aliphatic rings. The fourth-order valence-electron chi connectivity index (χ4n) is 2.15. The van der Waals surface area contributed by atoms with Gasteiger partial charge in [0.25, 0.3) is 5.91 Å². The molecular formula is C17H19NO3. The second kappa shape index (κ2) is 6.79. The molecule has 0 radical (unpaired) electrons. The van der Waals surface area contributed by atoms with Gasteiger partial charge in [0.2, 0.25) is 0 Å². The van der Waals surface area contributed by atoms with Crippen molar-refractivity contribution in [3.63, 3.8) is 0 Å². The summed E-state index contributed by atoms with van der Waals surface area (Å²) in [6.45, 7) is 1.93. The van der Waals surface area contributed by atoms with Gasteiger partial charge in [-0.3, -0.25) is 4.79 Å². The Hall–Kier alpha value is -2.49. The Morgan fingerprint density at radius 2 is 1.81 bits per heavy atom. The molecule has 0 saturated carbocycles. The Kier molecular flexibility index (Phi) is 4.82. The summed E-state index contributed by atoms with van der Waals surface area (Å²) in [6.07, 6.45) is 0. The van der Waals surface area contributed by atoms with Gasteiger partial charge in [0.05, 0.1) is 20.3 Å². The third kappa shape index (κ3) is 3.54. The molecule has 0 aromatic heterocycles. The van der Waals surface area contributed by atoms with Gasteiger partial charge in [-0.2, -0.15) is 0 Å². The normalized spacial score (nSPS) is 11.6. The molecule has 2 aromatic rings. The van der Waals surface area contributed by atoms with Crippen LogP contribution in [0.2, 0.25) is 0 Å². The Morgan fingerprint density at radius 3 is 2.52 bits per heavy atom. The van der Waals surface area contributed by atoms with Gasteiger partial charge in [-0.15, -0.1) is 0 Å². The van der Waals surface area contributed by atoms with E-state index >= 15 is 0 Å². The van der Waals surface area contributed by atoms with Gasteiger partial charge in [0.15, 0.2) is 0 Å². The number of hydrogen-bond donors (Lipinski definition) is 1. The highest BCUT2D eigenvalue weighted by Gasteiger charge is 2.15. The maximum absolute atomic E-state index is 12.3. The van der Waals surface area contributed by atoms with Crippen molar-refractivity contribution in [3.8, 4) is 11.5 Å². The highest BCUT2D eigenvalue weighted by molar-refractivity contribution is 5.94. The van der Waals surface area contributed by atoms with Crippen molar-refractivity contribution < 1.29 is 14.3 Å². The molecule has 0 fully saturated rings. The molecule has 2 rings (SSSR count). The maximum Gasteiger partial charge on any atom is 0.251 e. The van der Waals surface area contributed by atoms with Crippen LogP contribution < -0.4 is 14.8 Å². The van der Waals surface area contributed by atoms with Gasteiger partial charge in [0.1, 0.15) is 11.5 Å². The summed E-state index contributed by atoms with van der Waals surface area (Å²) in [5, 5.41) is 2.96. The number of para-hydroxylation sites is 1. The van der Waals surface area contributed by atoms with Crippen LogP contribution in [0, 0.1) is 0 Å². The van der Waals surface area contributed by atoms with E-state index in [4.69, 9.17) is 9.47 Å². The Labute approximate surface area is 124 Å². The van der Waals surface area contributed by atoms with E-state index in [0.717, 1.165) is 11.3 Å². The lowest BCUT2D eigenvalue weighted by molar-refractivity contribution is 0.0939. The predicted octanol–water partition coefficient (Wildman–Crippen LogP) is 3.19. The summed E-state index contributed by atoms with van der Waals surface area (Å²) in [5.74, 6) is 1.27. The molecule has 21 heavy (non-hydrogen) atoms. The SMILES string of the molecule is COc1cccc(C(=O)NC(C)c2ccccc2OC)c1. The number of ether oxygens (including phenoxy) is 2. The first-order chi connectivity index (χ1) is 10.2. The van der Waals surface area contributed by atoms with Crippen LogP contribution in [-0.4, -0.2) is 20.1 Å². The average Bonchev–Trinajstić information content (AvgIpc) is 2.54. The number of benzene rings is 2. The number of carbonyl (C=O) groups excluding carboxylic acids is 1. The van der Waals surface area contributed by atoms with E-state index in [-0.39, 0.29) is 11.9 Å². The quantitative estimate of drug-likeness (QED) is 0.917. The van der Waals surface area contributed by atoms with E-state index in [2.05, 4.69) is 5.32 Å². The number of methoxy groups -OCH3 is 2. The van der Waals surface area contributed by atoms with Gasteiger partial charge >= 0.3 is 0 Å². The zero-order valence-corrected chi connectivity index (χ0v) is 12.4. The maximum atomic E-state index is 12.3. The van der Waals surface area contributed by atoms with Crippen molar-refractivity contribution in [1.29, 1.82) is 0 Å². The average molecular weight is 285 g/mol. The summed E-state index contributed by atoms with van der Waals surface area (Å²) in [5.41, 5.74) is 1.51. The Balaban J connectivity index is 2.15. The van der Waals surface area contributed by atoms with E-state index in [1.807, 2.05) is 31.2 Å². The molecule has 110 valence electrons. The molecule has 0 spiro atoms. The lowest BCUT2D eigenvalue weighted by atomic mass is 10.1. The molecule has 0 saturated heterocycles. The van der Waals surface area contributed by atoms with Gasteiger partial charge in [-0.1, -0.05) is 24.3 Å². The minimum absolute atomic E-state index is 0.146. The van der Waals surface area contributed by atoms with Crippen LogP contribution in [0.5, 0.6) is 11.5 Å². The number of hydrogen-bond acceptors (Lipinski definition) is 3. The van der Waals surface area contributed by atoms with E-state index in [9.17, 15) is 4.79 Å². The summed E-state index contributed by atoms with van der Waals surface area (Å²) in [7, 11) is 3.20. The molecule has 1 atom stereocenters. The molecule has 0 aliphatic heterocycles. The van der Waals surface area contributed by atoms with Crippen molar-refractivity contribution in [1.82, 2.24) is 5.32 Å². The monoisotopic (exact) mass is 285 g/mol. The van der Waals surface area contributed by atoms with Crippen molar-refractivity contribution >= 4 is 5.91 Å². The highest BCUT2D eigenvalue weighted by atomic mass is 16.5. The first-order valence-electron chi connectivity index (χ1n) is 6.73. The van der Waals surface area contributed by atoms with Crippen molar-refractivity contribution in [2.75, 3.05) is 14.2 Å². The summed E-state index contributed by atoms with van der Waals surface area (Å²) < 4.78 is 10.5. The second-order valence-corrected chi connectivity index (χ2v) is 4.67. The van der Waals surface area contributed by atoms with Gasteiger partial charge < -0.3 is 14.8 Å². The molecule has 0 heterocycles. The zero-order valence-electron chi connectivity index (χ0n) is 12.4. The third-order valence-corrected chi connectivity index (χ3v) is 3.28. The van der Waals surface area contributed by atoms with Crippen LogP contribution in [-0.2, 0) is 0 Å². The standard InChI is InChI=1S/C17H19NO3/c1-12(15-9-4-5-10-16(15)21-3)18-17(19)13-7-6-8-14(11-13)20-2/h4-12H,1-3H3,(H,18,19). The lowest BCUT2D eigenvalue weighted by Gasteiger charge is -2.17. The molecule has 1 unspecified atom stereocenters. The molecule has 1 N–H and O–H groups in total. The lowest BCUT2D eigenvalue weighted by Crippen LogP contribution is -2.26. The smallest absolute Gasteiger partial charge is 0.251 e. The molecular weight excluding hydrogens is 266 g/mol. The largest absolute Gasteiger partial charge is 0.497 e. The van der Waals surface area contributed by atoms with Crippen LogP contribution in [0.25, 0.3) is 0 Å². The summed E-state index contributed by atoms with van der Waals surface area (Å²) in [6, 6.07) is 14.6. The molecule has 4 nitrogen and oxygen atoms in total. The highest BCUT2D eigenvalue weighted by Crippen LogP contribution is 2.24. The van der Waals surface area contributed by atoms with Crippen LogP contribution >= 0.6 is 0 Å². The van der Waals surface area contributed by atoms with Crippen molar-refractivity contribution in [2.24, 2.45) is 0 Å². The first kappa shape index (κ1) is 14.9. The molecule has 0 bridgehead atoms. The minimum atomic E-state index is -0.153. The first-order valence-corrected chi connectivity index (χ1v) is 6.73. The van der Waals surface area contributed by atoms with Crippen molar-refractivity contribution in [3.05, 3.63) is 59.7 Å². The molecule has 0 aliphatic carbocycles. The van der Waals surface area contributed by atoms with E-state index in [0.29, 0.717) is 11.3 Å². The fraction of sp³-hybridized carbons (Fsp3) is 0.235. The van der Waals surface area contributed by atoms with Gasteiger partial charge in [-0.25, -0.2) is 0 Å². The number of amides is 1. The molecule has 4 heteroatoms. The van der Waals surface area contributed by atoms with E-state index in [1.54, 1.807) is 38.5 Å². The molecule has 2 aromatic carbocycles. The van der Waals surface area contributed by atoms with Crippen LogP contribution in [0.3, 0.4) is 0 Å². The number of carbonyl (C=O) groups is 1.